The van der Waals surface area contributed by atoms with Crippen molar-refractivity contribution in [3.8, 4) is 0 Å². The van der Waals surface area contributed by atoms with Gasteiger partial charge in [-0.2, -0.15) is 0 Å². The number of hydrogen-bond acceptors (Lipinski definition) is 5. The van der Waals surface area contributed by atoms with Crippen LogP contribution in [-0.2, 0) is 9.16 Å². The Morgan fingerprint density at radius 2 is 1.43 bits per heavy atom. The van der Waals surface area contributed by atoms with Gasteiger partial charge in [0.15, 0.2) is 6.29 Å². The van der Waals surface area contributed by atoms with E-state index in [0.717, 1.165) is 10.4 Å². The lowest BCUT2D eigenvalue weighted by Gasteiger charge is -2.44. The molecule has 0 spiro atoms. The molecule has 0 saturated carbocycles. The van der Waals surface area contributed by atoms with Gasteiger partial charge in [-0.25, -0.2) is 0 Å². The SMILES string of the molecule is CC(C)(C)[Si](OC[C@H]1OC(O)[C@H](O)[C@]1(C)O)(c1ccccc1)c1ccccc1. The highest BCUT2D eigenvalue weighted by molar-refractivity contribution is 6.99. The molecule has 4 atom stereocenters. The van der Waals surface area contributed by atoms with Gasteiger partial charge < -0.3 is 24.5 Å². The van der Waals surface area contributed by atoms with Crippen molar-refractivity contribution in [2.24, 2.45) is 0 Å². The van der Waals surface area contributed by atoms with E-state index < -0.39 is 32.4 Å². The zero-order valence-corrected chi connectivity index (χ0v) is 17.9. The van der Waals surface area contributed by atoms with Gasteiger partial charge in [0.2, 0.25) is 0 Å². The third-order valence-corrected chi connectivity index (χ3v) is 10.7. The van der Waals surface area contributed by atoms with Crippen LogP contribution in [0.15, 0.2) is 60.7 Å². The van der Waals surface area contributed by atoms with Crippen LogP contribution >= 0.6 is 0 Å². The molecule has 5 nitrogen and oxygen atoms in total. The third-order valence-electron chi connectivity index (χ3n) is 5.69. The molecule has 1 fully saturated rings. The monoisotopic (exact) mass is 402 g/mol. The minimum absolute atomic E-state index is 0.0639. The molecule has 0 aromatic heterocycles. The number of aliphatic hydroxyl groups excluding tert-OH is 2. The van der Waals surface area contributed by atoms with Crippen LogP contribution in [-0.4, -0.2) is 54.3 Å². The van der Waals surface area contributed by atoms with Crippen molar-refractivity contribution in [1.82, 2.24) is 0 Å². The summed E-state index contributed by atoms with van der Waals surface area (Å²) in [6.07, 6.45) is -3.64. The van der Waals surface area contributed by atoms with E-state index in [0.29, 0.717) is 0 Å². The van der Waals surface area contributed by atoms with Gasteiger partial charge in [0, 0.05) is 0 Å². The Balaban J connectivity index is 2.05. The predicted octanol–water partition coefficient (Wildman–Crippen LogP) is 1.39. The fraction of sp³-hybridized carbons (Fsp3) is 0.455. The first-order chi connectivity index (χ1) is 13.1. The molecule has 0 bridgehead atoms. The minimum atomic E-state index is -2.78. The molecule has 6 heteroatoms. The van der Waals surface area contributed by atoms with E-state index in [1.54, 1.807) is 0 Å². The van der Waals surface area contributed by atoms with Crippen molar-refractivity contribution in [2.45, 2.75) is 56.8 Å². The Labute approximate surface area is 167 Å². The molecule has 28 heavy (non-hydrogen) atoms. The Bertz CT molecular complexity index is 733. The fourth-order valence-corrected chi connectivity index (χ4v) is 8.59. The van der Waals surface area contributed by atoms with Gasteiger partial charge in [0.1, 0.15) is 17.8 Å². The molecule has 1 heterocycles. The first kappa shape index (κ1) is 21.2. The van der Waals surface area contributed by atoms with Crippen molar-refractivity contribution in [1.29, 1.82) is 0 Å². The molecule has 2 aromatic rings. The van der Waals surface area contributed by atoms with Crippen molar-refractivity contribution in [2.75, 3.05) is 6.61 Å². The first-order valence-electron chi connectivity index (χ1n) is 9.59. The van der Waals surface area contributed by atoms with E-state index in [9.17, 15) is 15.3 Å². The van der Waals surface area contributed by atoms with E-state index in [1.807, 2.05) is 36.4 Å². The van der Waals surface area contributed by atoms with Crippen LogP contribution < -0.4 is 10.4 Å². The summed E-state index contributed by atoms with van der Waals surface area (Å²) in [5.41, 5.74) is -1.59. The average Bonchev–Trinajstić information content (AvgIpc) is 2.85. The topological polar surface area (TPSA) is 79.2 Å². The molecule has 2 aromatic carbocycles. The predicted molar refractivity (Wildman–Crippen MR) is 111 cm³/mol. The van der Waals surface area contributed by atoms with Crippen LogP contribution in [0.25, 0.3) is 0 Å². The Hall–Kier alpha value is -1.54. The molecule has 0 amide bonds. The Morgan fingerprint density at radius 3 is 1.79 bits per heavy atom. The Morgan fingerprint density at radius 1 is 0.964 bits per heavy atom. The van der Waals surface area contributed by atoms with Crippen LogP contribution in [0, 0.1) is 0 Å². The number of hydrogen-bond donors (Lipinski definition) is 3. The lowest BCUT2D eigenvalue weighted by molar-refractivity contribution is -0.132. The zero-order chi connectivity index (χ0) is 20.6. The maximum absolute atomic E-state index is 10.6. The highest BCUT2D eigenvalue weighted by Gasteiger charge is 2.55. The van der Waals surface area contributed by atoms with Gasteiger partial charge in [-0.1, -0.05) is 81.4 Å². The smallest absolute Gasteiger partial charge is 0.261 e. The molecule has 152 valence electrons. The van der Waals surface area contributed by atoms with Crippen LogP contribution in [0.2, 0.25) is 5.04 Å². The standard InChI is InChI=1S/C22H30O5Si/c1-21(2,3)28(16-11-7-5-8-12-16,17-13-9-6-10-14-17)26-15-18-22(4,25)19(23)20(24)27-18/h5-14,18-20,23-25H,15H2,1-4H3/t18-,19+,20?,22-/m1/s1. The van der Waals surface area contributed by atoms with Gasteiger partial charge in [-0.3, -0.25) is 0 Å². The summed E-state index contributed by atoms with van der Waals surface area (Å²) in [5.74, 6) is 0. The lowest BCUT2D eigenvalue weighted by atomic mass is 9.96. The lowest BCUT2D eigenvalue weighted by Crippen LogP contribution is -2.67. The molecule has 1 unspecified atom stereocenters. The summed E-state index contributed by atoms with van der Waals surface area (Å²) < 4.78 is 12.1. The molecular weight excluding hydrogens is 372 g/mol. The van der Waals surface area contributed by atoms with Gasteiger partial charge in [-0.05, 0) is 22.3 Å². The van der Waals surface area contributed by atoms with Crippen LogP contribution in [0.4, 0.5) is 0 Å². The maximum Gasteiger partial charge on any atom is 0.261 e. The summed E-state index contributed by atoms with van der Waals surface area (Å²) in [7, 11) is -2.78. The van der Waals surface area contributed by atoms with Crippen LogP contribution in [0.5, 0.6) is 0 Å². The van der Waals surface area contributed by atoms with Crippen LogP contribution in [0.1, 0.15) is 27.7 Å². The Kier molecular flexibility index (Phi) is 5.83. The summed E-state index contributed by atoms with van der Waals surface area (Å²) in [5, 5.41) is 32.6. The van der Waals surface area contributed by atoms with Gasteiger partial charge in [0.05, 0.1) is 6.61 Å². The highest BCUT2D eigenvalue weighted by atomic mass is 28.4. The molecule has 1 aliphatic rings. The van der Waals surface area contributed by atoms with E-state index in [2.05, 4.69) is 45.0 Å². The third kappa shape index (κ3) is 3.56. The fourth-order valence-electron chi connectivity index (χ4n) is 4.03. The average molecular weight is 403 g/mol. The van der Waals surface area contributed by atoms with Gasteiger partial charge >= 0.3 is 0 Å². The maximum atomic E-state index is 10.6. The summed E-state index contributed by atoms with van der Waals surface area (Å²) in [4.78, 5) is 0. The molecule has 0 radical (unpaired) electrons. The second-order valence-electron chi connectivity index (χ2n) is 8.66. The first-order valence-corrected chi connectivity index (χ1v) is 11.5. The van der Waals surface area contributed by atoms with E-state index in [-0.39, 0.29) is 11.6 Å². The summed E-state index contributed by atoms with van der Waals surface area (Å²) in [6.45, 7) is 8.02. The normalized spacial score (nSPS) is 28.5. The van der Waals surface area contributed by atoms with E-state index in [1.165, 1.54) is 6.92 Å². The summed E-state index contributed by atoms with van der Waals surface area (Å²) >= 11 is 0. The molecule has 1 aliphatic heterocycles. The number of rotatable bonds is 5. The largest absolute Gasteiger partial charge is 0.405 e. The van der Waals surface area contributed by atoms with E-state index >= 15 is 0 Å². The second-order valence-corrected chi connectivity index (χ2v) is 13.0. The molecule has 3 N–H and O–H groups in total. The van der Waals surface area contributed by atoms with Gasteiger partial charge in [0.25, 0.3) is 8.32 Å². The zero-order valence-electron chi connectivity index (χ0n) is 16.9. The van der Waals surface area contributed by atoms with Crippen molar-refractivity contribution in [3.05, 3.63) is 60.7 Å². The molecule has 0 aliphatic carbocycles. The second kappa shape index (κ2) is 7.70. The van der Waals surface area contributed by atoms with Crippen molar-refractivity contribution in [3.63, 3.8) is 0 Å². The van der Waals surface area contributed by atoms with E-state index in [4.69, 9.17) is 9.16 Å². The minimum Gasteiger partial charge on any atom is -0.405 e. The number of aliphatic hydroxyl groups is 3. The van der Waals surface area contributed by atoms with Crippen molar-refractivity contribution >= 4 is 18.7 Å². The summed E-state index contributed by atoms with van der Waals surface area (Å²) in [6, 6.07) is 20.3. The molecular formula is C22H30O5Si. The molecule has 3 rings (SSSR count). The van der Waals surface area contributed by atoms with Gasteiger partial charge in [-0.15, -0.1) is 0 Å². The quantitative estimate of drug-likeness (QED) is 0.659. The number of ether oxygens (including phenoxy) is 1. The highest BCUT2D eigenvalue weighted by Crippen LogP contribution is 2.38. The number of benzene rings is 2. The van der Waals surface area contributed by atoms with Crippen LogP contribution in [0.3, 0.4) is 0 Å². The molecule has 1 saturated heterocycles. The van der Waals surface area contributed by atoms with Crippen molar-refractivity contribution < 1.29 is 24.5 Å².